The molecule has 0 N–H and O–H groups in total. The Morgan fingerprint density at radius 3 is 2.79 bits per heavy atom. The first-order valence-corrected chi connectivity index (χ1v) is 7.82. The second kappa shape index (κ2) is 4.97. The second-order valence-electron chi connectivity index (χ2n) is 5.56. The van der Waals surface area contributed by atoms with Crippen LogP contribution in [-0.4, -0.2) is 10.4 Å². The Kier molecular flexibility index (Phi) is 3.31. The lowest BCUT2D eigenvalue weighted by Gasteiger charge is -2.26. The molecule has 0 spiro atoms. The van der Waals surface area contributed by atoms with Crippen LogP contribution in [0.1, 0.15) is 53.7 Å². The summed E-state index contributed by atoms with van der Waals surface area (Å²) < 4.78 is 2.34. The molecule has 0 bridgehead atoms. The van der Waals surface area contributed by atoms with Crippen molar-refractivity contribution < 1.29 is 4.79 Å². The topological polar surface area (TPSA) is 22.0 Å². The van der Waals surface area contributed by atoms with Crippen LogP contribution in [0, 0.1) is 5.92 Å². The Balaban J connectivity index is 2.07. The van der Waals surface area contributed by atoms with Crippen LogP contribution < -0.4 is 0 Å². The molecule has 2 aromatic rings. The van der Waals surface area contributed by atoms with Crippen molar-refractivity contribution in [1.82, 2.24) is 4.57 Å². The molecule has 100 valence electrons. The summed E-state index contributed by atoms with van der Waals surface area (Å²) in [5, 5.41) is 2.13. The molecule has 1 unspecified atom stereocenters. The van der Waals surface area contributed by atoms with Crippen LogP contribution in [0.3, 0.4) is 0 Å². The third-order valence-electron chi connectivity index (χ3n) is 3.91. The molecule has 0 radical (unpaired) electrons. The molecule has 19 heavy (non-hydrogen) atoms. The number of Topliss-reactive ketones (excluding diaryl/α,β-unsaturated/α-hetero) is 1. The molecule has 0 aromatic carbocycles. The molecule has 1 aliphatic carbocycles. The quantitative estimate of drug-likeness (QED) is 0.816. The number of aromatic nitrogens is 1. The van der Waals surface area contributed by atoms with E-state index in [-0.39, 0.29) is 0 Å². The standard InChI is InChI=1S/C16H19NOS/c1-11(2)16(15-7-4-10-19-15)17-9-8-12-13(17)5-3-6-14(12)18/h4,7-11,16H,3,5-6H2,1-2H3. The largest absolute Gasteiger partial charge is 0.342 e. The van der Waals surface area contributed by atoms with Crippen molar-refractivity contribution in [2.45, 2.75) is 39.2 Å². The Labute approximate surface area is 118 Å². The first kappa shape index (κ1) is 12.7. The predicted octanol–water partition coefficient (Wildman–Crippen LogP) is 4.31. The summed E-state index contributed by atoms with van der Waals surface area (Å²) in [6, 6.07) is 6.68. The first-order chi connectivity index (χ1) is 9.18. The van der Waals surface area contributed by atoms with E-state index in [1.165, 1.54) is 10.6 Å². The molecule has 1 atom stereocenters. The van der Waals surface area contributed by atoms with Gasteiger partial charge < -0.3 is 4.57 Å². The number of carbonyl (C=O) groups is 1. The highest BCUT2D eigenvalue weighted by atomic mass is 32.1. The lowest BCUT2D eigenvalue weighted by molar-refractivity contribution is 0.0971. The molecular formula is C16H19NOS. The van der Waals surface area contributed by atoms with E-state index in [1.54, 1.807) is 11.3 Å². The second-order valence-corrected chi connectivity index (χ2v) is 6.54. The third-order valence-corrected chi connectivity index (χ3v) is 4.85. The maximum absolute atomic E-state index is 12.0. The van der Waals surface area contributed by atoms with Crippen molar-refractivity contribution in [3.05, 3.63) is 45.9 Å². The van der Waals surface area contributed by atoms with Gasteiger partial charge in [0.25, 0.3) is 0 Å². The van der Waals surface area contributed by atoms with Gasteiger partial charge in [-0.2, -0.15) is 0 Å². The SMILES string of the molecule is CC(C)C(c1cccs1)n1ccc2c1CCCC2=O. The fraction of sp³-hybridized carbons (Fsp3) is 0.438. The van der Waals surface area contributed by atoms with Crippen molar-refractivity contribution in [1.29, 1.82) is 0 Å². The molecule has 3 heteroatoms. The van der Waals surface area contributed by atoms with Crippen LogP contribution >= 0.6 is 11.3 Å². The number of fused-ring (bicyclic) bond motifs is 1. The molecule has 2 aromatic heterocycles. The van der Waals surface area contributed by atoms with E-state index in [1.807, 2.05) is 6.07 Å². The third kappa shape index (κ3) is 2.16. The van der Waals surface area contributed by atoms with Crippen molar-refractivity contribution in [2.24, 2.45) is 5.92 Å². The summed E-state index contributed by atoms with van der Waals surface area (Å²) in [5.41, 5.74) is 2.19. The van der Waals surface area contributed by atoms with Gasteiger partial charge in [-0.05, 0) is 36.3 Å². The highest BCUT2D eigenvalue weighted by Crippen LogP contribution is 2.34. The van der Waals surface area contributed by atoms with E-state index in [0.29, 0.717) is 24.2 Å². The summed E-state index contributed by atoms with van der Waals surface area (Å²) in [6.45, 7) is 4.50. The number of ketones is 1. The van der Waals surface area contributed by atoms with E-state index in [0.717, 1.165) is 18.4 Å². The highest BCUT2D eigenvalue weighted by molar-refractivity contribution is 7.10. The van der Waals surface area contributed by atoms with Gasteiger partial charge in [-0.25, -0.2) is 0 Å². The molecule has 0 amide bonds. The van der Waals surface area contributed by atoms with E-state index < -0.39 is 0 Å². The van der Waals surface area contributed by atoms with Crippen LogP contribution in [0.4, 0.5) is 0 Å². The zero-order chi connectivity index (χ0) is 13.4. The average molecular weight is 273 g/mol. The van der Waals surface area contributed by atoms with Gasteiger partial charge in [-0.3, -0.25) is 4.79 Å². The van der Waals surface area contributed by atoms with Crippen molar-refractivity contribution in [3.8, 4) is 0 Å². The number of carbonyl (C=O) groups excluding carboxylic acids is 1. The fourth-order valence-corrected chi connectivity index (χ4v) is 4.05. The predicted molar refractivity (Wildman–Crippen MR) is 79.0 cm³/mol. The Hall–Kier alpha value is -1.35. The van der Waals surface area contributed by atoms with E-state index in [9.17, 15) is 4.79 Å². The first-order valence-electron chi connectivity index (χ1n) is 6.95. The minimum absolute atomic E-state index is 0.314. The van der Waals surface area contributed by atoms with Gasteiger partial charge in [0, 0.05) is 28.8 Å². The lowest BCUT2D eigenvalue weighted by Crippen LogP contribution is -2.20. The molecule has 1 aliphatic rings. The molecule has 2 nitrogen and oxygen atoms in total. The Bertz CT molecular complexity index is 580. The maximum atomic E-state index is 12.0. The van der Waals surface area contributed by atoms with Crippen LogP contribution in [-0.2, 0) is 6.42 Å². The summed E-state index contributed by atoms with van der Waals surface area (Å²) >= 11 is 1.80. The summed E-state index contributed by atoms with van der Waals surface area (Å²) in [6.07, 6.45) is 4.84. The van der Waals surface area contributed by atoms with Crippen molar-refractivity contribution in [2.75, 3.05) is 0 Å². The van der Waals surface area contributed by atoms with Crippen LogP contribution in [0.15, 0.2) is 29.8 Å². The van der Waals surface area contributed by atoms with Crippen LogP contribution in [0.25, 0.3) is 0 Å². The summed E-state index contributed by atoms with van der Waals surface area (Å²) in [5.74, 6) is 0.834. The highest BCUT2D eigenvalue weighted by Gasteiger charge is 2.26. The number of hydrogen-bond acceptors (Lipinski definition) is 2. The normalized spacial score (nSPS) is 16.7. The molecule has 0 saturated heterocycles. The summed E-state index contributed by atoms with van der Waals surface area (Å²) in [7, 11) is 0. The van der Waals surface area contributed by atoms with Gasteiger partial charge in [-0.1, -0.05) is 19.9 Å². The van der Waals surface area contributed by atoms with Gasteiger partial charge in [-0.15, -0.1) is 11.3 Å². The fourth-order valence-electron chi connectivity index (χ4n) is 3.06. The number of hydrogen-bond donors (Lipinski definition) is 0. The average Bonchev–Trinajstić information content (AvgIpc) is 3.01. The number of thiophene rings is 1. The summed E-state index contributed by atoms with van der Waals surface area (Å²) in [4.78, 5) is 13.3. The van der Waals surface area contributed by atoms with Crippen molar-refractivity contribution in [3.63, 3.8) is 0 Å². The number of rotatable bonds is 3. The van der Waals surface area contributed by atoms with Gasteiger partial charge in [0.05, 0.1) is 6.04 Å². The molecule has 0 saturated carbocycles. The van der Waals surface area contributed by atoms with Gasteiger partial charge in [0.15, 0.2) is 5.78 Å². The number of nitrogens with zero attached hydrogens (tertiary/aromatic N) is 1. The Morgan fingerprint density at radius 1 is 1.26 bits per heavy atom. The smallest absolute Gasteiger partial charge is 0.164 e. The molecule has 2 heterocycles. The Morgan fingerprint density at radius 2 is 2.11 bits per heavy atom. The van der Waals surface area contributed by atoms with Crippen molar-refractivity contribution >= 4 is 17.1 Å². The van der Waals surface area contributed by atoms with E-state index >= 15 is 0 Å². The van der Waals surface area contributed by atoms with Gasteiger partial charge >= 0.3 is 0 Å². The van der Waals surface area contributed by atoms with E-state index in [4.69, 9.17) is 0 Å². The molecule has 0 fully saturated rings. The van der Waals surface area contributed by atoms with Gasteiger partial charge in [0.2, 0.25) is 0 Å². The van der Waals surface area contributed by atoms with E-state index in [2.05, 4.69) is 42.1 Å². The monoisotopic (exact) mass is 273 g/mol. The zero-order valence-corrected chi connectivity index (χ0v) is 12.2. The minimum atomic E-state index is 0.314. The van der Waals surface area contributed by atoms with Crippen LogP contribution in [0.5, 0.6) is 0 Å². The lowest BCUT2D eigenvalue weighted by atomic mass is 9.95. The molecule has 0 aliphatic heterocycles. The molecular weight excluding hydrogens is 254 g/mol. The van der Waals surface area contributed by atoms with Gasteiger partial charge in [0.1, 0.15) is 0 Å². The maximum Gasteiger partial charge on any atom is 0.164 e. The zero-order valence-electron chi connectivity index (χ0n) is 11.4. The van der Waals surface area contributed by atoms with Crippen LogP contribution in [0.2, 0.25) is 0 Å². The minimum Gasteiger partial charge on any atom is -0.342 e. The molecule has 3 rings (SSSR count).